The van der Waals surface area contributed by atoms with Gasteiger partial charge >= 0.3 is 5.97 Å². The van der Waals surface area contributed by atoms with Crippen LogP contribution in [0.4, 0.5) is 0 Å². The van der Waals surface area contributed by atoms with E-state index in [1.54, 1.807) is 0 Å². The van der Waals surface area contributed by atoms with Gasteiger partial charge < -0.3 is 14.4 Å². The van der Waals surface area contributed by atoms with E-state index in [0.717, 1.165) is 31.6 Å². The van der Waals surface area contributed by atoms with Crippen molar-refractivity contribution in [3.63, 3.8) is 0 Å². The highest BCUT2D eigenvalue weighted by Gasteiger charge is 2.39. The topological polar surface area (TPSA) is 51.5 Å². The lowest BCUT2D eigenvalue weighted by Crippen LogP contribution is -2.39. The van der Waals surface area contributed by atoms with E-state index < -0.39 is 5.97 Å². The zero-order valence-electron chi connectivity index (χ0n) is 10.5. The van der Waals surface area contributed by atoms with E-state index in [2.05, 4.69) is 4.57 Å². The molecule has 98 valence electrons. The first-order valence-corrected chi connectivity index (χ1v) is 6.75. The van der Waals surface area contributed by atoms with E-state index in [1.165, 1.54) is 25.0 Å². The predicted molar refractivity (Wildman–Crippen MR) is 66.5 cm³/mol. The van der Waals surface area contributed by atoms with Crippen molar-refractivity contribution in [1.82, 2.24) is 4.57 Å². The summed E-state index contributed by atoms with van der Waals surface area (Å²) in [7, 11) is 0. The maximum Gasteiger partial charge on any atom is 0.307 e. The molecular weight excluding hydrogens is 230 g/mol. The summed E-state index contributed by atoms with van der Waals surface area (Å²) in [5, 5.41) is 8.89. The lowest BCUT2D eigenvalue weighted by atomic mass is 9.81. The molecule has 0 amide bonds. The highest BCUT2D eigenvalue weighted by atomic mass is 16.5. The van der Waals surface area contributed by atoms with Crippen LogP contribution in [0.2, 0.25) is 0 Å². The number of aromatic nitrogens is 1. The van der Waals surface area contributed by atoms with Gasteiger partial charge in [-0.2, -0.15) is 0 Å². The molecule has 1 saturated carbocycles. The molecule has 1 aromatic rings. The molecule has 1 aliphatic carbocycles. The van der Waals surface area contributed by atoms with Gasteiger partial charge in [0, 0.05) is 12.7 Å². The SMILES string of the molecule is O=C(O)Cc1cc2n(c1)CCOC21CCCCC1. The fourth-order valence-electron chi connectivity index (χ4n) is 3.35. The Morgan fingerprint density at radius 1 is 1.39 bits per heavy atom. The van der Waals surface area contributed by atoms with Crippen molar-refractivity contribution >= 4 is 5.97 Å². The van der Waals surface area contributed by atoms with Gasteiger partial charge in [-0.15, -0.1) is 0 Å². The molecule has 3 rings (SSSR count). The van der Waals surface area contributed by atoms with E-state index in [4.69, 9.17) is 9.84 Å². The summed E-state index contributed by atoms with van der Waals surface area (Å²) in [6.45, 7) is 1.59. The molecule has 4 nitrogen and oxygen atoms in total. The van der Waals surface area contributed by atoms with Gasteiger partial charge in [0.15, 0.2) is 0 Å². The number of carbonyl (C=O) groups is 1. The molecule has 18 heavy (non-hydrogen) atoms. The third-order valence-electron chi connectivity index (χ3n) is 4.15. The Hall–Kier alpha value is -1.29. The number of hydrogen-bond acceptors (Lipinski definition) is 2. The minimum Gasteiger partial charge on any atom is -0.481 e. The summed E-state index contributed by atoms with van der Waals surface area (Å²) < 4.78 is 8.28. The van der Waals surface area contributed by atoms with Gasteiger partial charge in [-0.05, 0) is 24.5 Å². The molecular formula is C14H19NO3. The number of rotatable bonds is 2. The second kappa shape index (κ2) is 4.43. The zero-order chi connectivity index (χ0) is 12.6. The van der Waals surface area contributed by atoms with Crippen LogP contribution in [0.1, 0.15) is 43.4 Å². The molecule has 0 saturated heterocycles. The van der Waals surface area contributed by atoms with Gasteiger partial charge in [0.2, 0.25) is 0 Å². The first-order chi connectivity index (χ1) is 8.70. The van der Waals surface area contributed by atoms with Crippen molar-refractivity contribution in [3.05, 3.63) is 23.5 Å². The van der Waals surface area contributed by atoms with Gasteiger partial charge in [0.1, 0.15) is 5.60 Å². The predicted octanol–water partition coefficient (Wildman–Crippen LogP) is 2.30. The van der Waals surface area contributed by atoms with Crippen molar-refractivity contribution in [2.45, 2.75) is 50.7 Å². The second-order valence-electron chi connectivity index (χ2n) is 5.40. The van der Waals surface area contributed by atoms with Gasteiger partial charge in [0.25, 0.3) is 0 Å². The summed E-state index contributed by atoms with van der Waals surface area (Å²) in [4.78, 5) is 10.8. The summed E-state index contributed by atoms with van der Waals surface area (Å²) in [5.41, 5.74) is 1.96. The molecule has 0 unspecified atom stereocenters. The molecule has 1 aromatic heterocycles. The third kappa shape index (κ3) is 1.94. The van der Waals surface area contributed by atoms with Crippen LogP contribution >= 0.6 is 0 Å². The molecule has 1 N–H and O–H groups in total. The summed E-state index contributed by atoms with van der Waals surface area (Å²) >= 11 is 0. The number of hydrogen-bond donors (Lipinski definition) is 1. The molecule has 0 aromatic carbocycles. The van der Waals surface area contributed by atoms with Crippen LogP contribution in [0.3, 0.4) is 0 Å². The highest BCUT2D eigenvalue weighted by molar-refractivity contribution is 5.70. The van der Waals surface area contributed by atoms with Crippen LogP contribution in [-0.2, 0) is 28.1 Å². The number of carboxylic acids is 1. The Labute approximate surface area is 107 Å². The normalized spacial score (nSPS) is 21.8. The average molecular weight is 249 g/mol. The van der Waals surface area contributed by atoms with Gasteiger partial charge in [-0.25, -0.2) is 0 Å². The van der Waals surface area contributed by atoms with E-state index in [9.17, 15) is 4.79 Å². The van der Waals surface area contributed by atoms with Gasteiger partial charge in [-0.1, -0.05) is 19.3 Å². The minimum atomic E-state index is -0.767. The van der Waals surface area contributed by atoms with Gasteiger partial charge in [-0.3, -0.25) is 4.79 Å². The molecule has 4 heteroatoms. The standard InChI is InChI=1S/C14H19NO3/c16-13(17)9-11-8-12-14(4-2-1-3-5-14)18-7-6-15(12)10-11/h8,10H,1-7,9H2,(H,16,17). The highest BCUT2D eigenvalue weighted by Crippen LogP contribution is 2.43. The number of fused-ring (bicyclic) bond motifs is 2. The molecule has 2 heterocycles. The van der Waals surface area contributed by atoms with Crippen LogP contribution < -0.4 is 0 Å². The first-order valence-electron chi connectivity index (χ1n) is 6.75. The zero-order valence-corrected chi connectivity index (χ0v) is 10.5. The van der Waals surface area contributed by atoms with Crippen molar-refractivity contribution in [3.8, 4) is 0 Å². The summed E-state index contributed by atoms with van der Waals surface area (Å²) in [6, 6.07) is 2.04. The maximum absolute atomic E-state index is 10.8. The molecule has 2 aliphatic rings. The van der Waals surface area contributed by atoms with E-state index >= 15 is 0 Å². The van der Waals surface area contributed by atoms with Crippen LogP contribution in [0, 0.1) is 0 Å². The Morgan fingerprint density at radius 2 is 2.17 bits per heavy atom. The molecule has 1 fully saturated rings. The van der Waals surface area contributed by atoms with Crippen molar-refractivity contribution in [2.24, 2.45) is 0 Å². The van der Waals surface area contributed by atoms with E-state index in [-0.39, 0.29) is 12.0 Å². The lowest BCUT2D eigenvalue weighted by Gasteiger charge is -2.41. The second-order valence-corrected chi connectivity index (χ2v) is 5.40. The van der Waals surface area contributed by atoms with E-state index in [1.807, 2.05) is 12.3 Å². The van der Waals surface area contributed by atoms with Crippen LogP contribution in [0.25, 0.3) is 0 Å². The fourth-order valence-corrected chi connectivity index (χ4v) is 3.35. The lowest BCUT2D eigenvalue weighted by molar-refractivity contribution is -0.136. The molecule has 0 bridgehead atoms. The van der Waals surface area contributed by atoms with Crippen LogP contribution in [-0.4, -0.2) is 22.2 Å². The Kier molecular flexibility index (Phi) is 2.90. The number of ether oxygens (including phenoxy) is 1. The summed E-state index contributed by atoms with van der Waals surface area (Å²) in [5.74, 6) is -0.767. The van der Waals surface area contributed by atoms with Crippen LogP contribution in [0.5, 0.6) is 0 Å². The molecule has 0 atom stereocenters. The molecule has 1 spiro atoms. The Bertz CT molecular complexity index is 458. The fraction of sp³-hybridized carbons (Fsp3) is 0.643. The Morgan fingerprint density at radius 3 is 2.89 bits per heavy atom. The monoisotopic (exact) mass is 249 g/mol. The largest absolute Gasteiger partial charge is 0.481 e. The van der Waals surface area contributed by atoms with Gasteiger partial charge in [0.05, 0.1) is 18.7 Å². The minimum absolute atomic E-state index is 0.107. The van der Waals surface area contributed by atoms with E-state index in [0.29, 0.717) is 0 Å². The average Bonchev–Trinajstić information content (AvgIpc) is 2.74. The molecule has 0 radical (unpaired) electrons. The van der Waals surface area contributed by atoms with Crippen molar-refractivity contribution in [1.29, 1.82) is 0 Å². The number of aliphatic carboxylic acids is 1. The quantitative estimate of drug-likeness (QED) is 0.875. The van der Waals surface area contributed by atoms with Crippen molar-refractivity contribution < 1.29 is 14.6 Å². The van der Waals surface area contributed by atoms with Crippen LogP contribution in [0.15, 0.2) is 12.3 Å². The molecule has 1 aliphatic heterocycles. The number of carboxylic acid groups (broad SMARTS) is 1. The first kappa shape index (κ1) is 11.8. The smallest absolute Gasteiger partial charge is 0.307 e. The third-order valence-corrected chi connectivity index (χ3v) is 4.15. The maximum atomic E-state index is 10.8. The van der Waals surface area contributed by atoms with Crippen molar-refractivity contribution in [2.75, 3.05) is 6.61 Å². The number of nitrogens with zero attached hydrogens (tertiary/aromatic N) is 1. The Balaban J connectivity index is 1.94. The summed E-state index contributed by atoms with van der Waals surface area (Å²) in [6.07, 6.45) is 7.94.